The zero-order valence-corrected chi connectivity index (χ0v) is 31.2. The van der Waals surface area contributed by atoms with Gasteiger partial charge >= 0.3 is 0 Å². The van der Waals surface area contributed by atoms with Gasteiger partial charge in [0.05, 0.1) is 0 Å². The third kappa shape index (κ3) is 7.46. The number of benzene rings is 8. The van der Waals surface area contributed by atoms with Gasteiger partial charge in [0.1, 0.15) is 0 Å². The quantitative estimate of drug-likeness (QED) is 0.139. The molecule has 0 amide bonds. The number of allylic oxidation sites excluding steroid dienone is 4. The second-order valence-electron chi connectivity index (χ2n) is 14.1. The van der Waals surface area contributed by atoms with Gasteiger partial charge in [0, 0.05) is 34.1 Å². The van der Waals surface area contributed by atoms with E-state index in [-0.39, 0.29) is 0 Å². The predicted molar refractivity (Wildman–Crippen MR) is 238 cm³/mol. The minimum atomic E-state index is 1.10. The van der Waals surface area contributed by atoms with E-state index >= 15 is 0 Å². The molecule has 8 aromatic rings. The van der Waals surface area contributed by atoms with E-state index in [9.17, 15) is 0 Å². The summed E-state index contributed by atoms with van der Waals surface area (Å²) in [4.78, 5) is 4.64. The maximum Gasteiger partial charge on any atom is 0.0462 e. The molecule has 8 aromatic carbocycles. The number of hydrogen-bond donors (Lipinski definition) is 0. The molecule has 1 aliphatic rings. The molecule has 0 spiro atoms. The molecule has 0 atom stereocenters. The topological polar surface area (TPSA) is 6.48 Å². The first kappa shape index (κ1) is 34.6. The van der Waals surface area contributed by atoms with Gasteiger partial charge in [-0.25, -0.2) is 0 Å². The van der Waals surface area contributed by atoms with Crippen LogP contribution in [0.1, 0.15) is 18.4 Å². The first-order valence-corrected chi connectivity index (χ1v) is 19.4. The third-order valence-corrected chi connectivity index (χ3v) is 10.5. The molecule has 268 valence electrons. The Labute approximate surface area is 330 Å². The molecule has 0 saturated heterocycles. The van der Waals surface area contributed by atoms with Crippen LogP contribution in [0.15, 0.2) is 231 Å². The summed E-state index contributed by atoms with van der Waals surface area (Å²) in [5.41, 5.74) is 16.4. The molecule has 2 nitrogen and oxygen atoms in total. The number of anilines is 6. The van der Waals surface area contributed by atoms with Crippen molar-refractivity contribution in [3.8, 4) is 33.4 Å². The molecule has 0 heterocycles. The lowest BCUT2D eigenvalue weighted by Gasteiger charge is -2.26. The van der Waals surface area contributed by atoms with Crippen molar-refractivity contribution in [2.75, 3.05) is 9.80 Å². The number of rotatable bonds is 10. The van der Waals surface area contributed by atoms with Crippen LogP contribution in [-0.4, -0.2) is 0 Å². The second-order valence-corrected chi connectivity index (χ2v) is 14.1. The van der Waals surface area contributed by atoms with E-state index in [1.807, 2.05) is 0 Å². The van der Waals surface area contributed by atoms with Gasteiger partial charge in [-0.3, -0.25) is 0 Å². The Kier molecular flexibility index (Phi) is 9.92. The summed E-state index contributed by atoms with van der Waals surface area (Å²) in [6.07, 6.45) is 9.06. The van der Waals surface area contributed by atoms with Gasteiger partial charge in [-0.05, 0) is 136 Å². The van der Waals surface area contributed by atoms with E-state index in [2.05, 4.69) is 240 Å². The van der Waals surface area contributed by atoms with Crippen LogP contribution in [0.3, 0.4) is 0 Å². The first-order chi connectivity index (χ1) is 27.8. The monoisotopic (exact) mass is 718 g/mol. The van der Waals surface area contributed by atoms with Crippen LogP contribution in [0.4, 0.5) is 34.1 Å². The lowest BCUT2D eigenvalue weighted by atomic mass is 9.98. The van der Waals surface area contributed by atoms with Gasteiger partial charge in [-0.2, -0.15) is 0 Å². The van der Waals surface area contributed by atoms with Crippen LogP contribution in [0.5, 0.6) is 0 Å². The van der Waals surface area contributed by atoms with Crippen molar-refractivity contribution in [2.24, 2.45) is 0 Å². The van der Waals surface area contributed by atoms with Crippen molar-refractivity contribution < 1.29 is 0 Å². The largest absolute Gasteiger partial charge is 0.311 e. The van der Waals surface area contributed by atoms with Crippen LogP contribution in [0, 0.1) is 0 Å². The number of para-hydroxylation sites is 2. The van der Waals surface area contributed by atoms with Gasteiger partial charge in [0.2, 0.25) is 0 Å². The summed E-state index contributed by atoms with van der Waals surface area (Å²) in [5.74, 6) is 0. The van der Waals surface area contributed by atoms with Gasteiger partial charge in [0.25, 0.3) is 0 Å². The molecular formula is C54H42N2. The SMILES string of the molecule is C1=CC(c2ccc(N(c3ccccc3)c3ccc(-c4cccc(-c5ccc(N(c6ccccc6)c6ccc(-c7ccccc7)cc6)cc5)c4)cc3)cc2)=CCC1. The summed E-state index contributed by atoms with van der Waals surface area (Å²) in [6.45, 7) is 0. The van der Waals surface area contributed by atoms with E-state index in [4.69, 9.17) is 0 Å². The molecular weight excluding hydrogens is 677 g/mol. The molecule has 56 heavy (non-hydrogen) atoms. The van der Waals surface area contributed by atoms with Crippen LogP contribution in [0.25, 0.3) is 39.0 Å². The Morgan fingerprint density at radius 3 is 1.02 bits per heavy atom. The molecule has 9 rings (SSSR count). The van der Waals surface area contributed by atoms with Crippen molar-refractivity contribution in [2.45, 2.75) is 12.8 Å². The Bertz CT molecular complexity index is 2570. The maximum absolute atomic E-state index is 2.33. The summed E-state index contributed by atoms with van der Waals surface area (Å²) >= 11 is 0. The third-order valence-electron chi connectivity index (χ3n) is 10.5. The Morgan fingerprint density at radius 2 is 0.607 bits per heavy atom. The molecule has 1 aliphatic carbocycles. The zero-order valence-electron chi connectivity index (χ0n) is 31.2. The van der Waals surface area contributed by atoms with Gasteiger partial charge in [-0.15, -0.1) is 0 Å². The molecule has 0 fully saturated rings. The average molecular weight is 719 g/mol. The van der Waals surface area contributed by atoms with Crippen LogP contribution in [-0.2, 0) is 0 Å². The molecule has 0 aromatic heterocycles. The molecule has 0 bridgehead atoms. The normalized spacial score (nSPS) is 12.2. The fraction of sp³-hybridized carbons (Fsp3) is 0.0370. The highest BCUT2D eigenvalue weighted by molar-refractivity contribution is 5.83. The molecule has 2 heteroatoms. The van der Waals surface area contributed by atoms with Gasteiger partial charge < -0.3 is 9.80 Å². The molecule has 0 radical (unpaired) electrons. The summed E-state index contributed by atoms with van der Waals surface area (Å²) in [6, 6.07) is 76.2. The zero-order chi connectivity index (χ0) is 37.5. The summed E-state index contributed by atoms with van der Waals surface area (Å²) < 4.78 is 0. The Balaban J connectivity index is 0.975. The van der Waals surface area contributed by atoms with Crippen LogP contribution < -0.4 is 9.80 Å². The highest BCUT2D eigenvalue weighted by Gasteiger charge is 2.15. The minimum Gasteiger partial charge on any atom is -0.311 e. The Hall–Kier alpha value is -7.16. The van der Waals surface area contributed by atoms with Crippen LogP contribution in [0.2, 0.25) is 0 Å². The molecule has 0 unspecified atom stereocenters. The summed E-state index contributed by atoms with van der Waals surface area (Å²) in [5, 5.41) is 0. The predicted octanol–water partition coefficient (Wildman–Crippen LogP) is 15.4. The lowest BCUT2D eigenvalue weighted by molar-refractivity contribution is 1.04. The van der Waals surface area contributed by atoms with E-state index in [0.29, 0.717) is 0 Å². The maximum atomic E-state index is 2.33. The Morgan fingerprint density at radius 1 is 0.268 bits per heavy atom. The standard InChI is InChI=1S/C54H42N2/c1-5-14-41(15-6-1)43-24-32-51(33-25-43)55(49-20-9-3-10-21-49)53-36-28-45(29-37-53)47-18-13-19-48(40-47)46-30-38-54(39-31-46)56(50-22-11-4-12-23-50)52-34-26-44(27-35-52)42-16-7-2-8-17-42/h1,3-7,9-40H,2,8H2. The molecule has 0 saturated carbocycles. The van der Waals surface area contributed by atoms with Crippen molar-refractivity contribution in [3.63, 3.8) is 0 Å². The molecule has 0 N–H and O–H groups in total. The van der Waals surface area contributed by atoms with Crippen molar-refractivity contribution >= 4 is 39.7 Å². The highest BCUT2D eigenvalue weighted by Crippen LogP contribution is 2.39. The van der Waals surface area contributed by atoms with E-state index in [1.54, 1.807) is 0 Å². The van der Waals surface area contributed by atoms with E-state index in [1.165, 1.54) is 44.5 Å². The van der Waals surface area contributed by atoms with E-state index in [0.717, 1.165) is 47.0 Å². The second kappa shape index (κ2) is 16.1. The van der Waals surface area contributed by atoms with Crippen molar-refractivity contribution in [1.29, 1.82) is 0 Å². The first-order valence-electron chi connectivity index (χ1n) is 19.4. The minimum absolute atomic E-state index is 1.10. The highest BCUT2D eigenvalue weighted by atomic mass is 15.1. The van der Waals surface area contributed by atoms with Gasteiger partial charge in [0.15, 0.2) is 0 Å². The fourth-order valence-corrected chi connectivity index (χ4v) is 7.60. The smallest absolute Gasteiger partial charge is 0.0462 e. The van der Waals surface area contributed by atoms with Crippen molar-refractivity contribution in [1.82, 2.24) is 0 Å². The fourth-order valence-electron chi connectivity index (χ4n) is 7.60. The molecule has 0 aliphatic heterocycles. The lowest BCUT2D eigenvalue weighted by Crippen LogP contribution is -2.09. The van der Waals surface area contributed by atoms with Crippen molar-refractivity contribution in [3.05, 3.63) is 236 Å². The van der Waals surface area contributed by atoms with Crippen LogP contribution >= 0.6 is 0 Å². The van der Waals surface area contributed by atoms with Gasteiger partial charge in [-0.1, -0.05) is 152 Å². The number of hydrogen-bond acceptors (Lipinski definition) is 2. The van der Waals surface area contributed by atoms with E-state index < -0.39 is 0 Å². The summed E-state index contributed by atoms with van der Waals surface area (Å²) in [7, 11) is 0. The number of nitrogens with zero attached hydrogens (tertiary/aromatic N) is 2. The average Bonchev–Trinajstić information content (AvgIpc) is 3.29.